The molecule has 0 aliphatic carbocycles. The maximum Gasteiger partial charge on any atom is 0.154 e. The van der Waals surface area contributed by atoms with E-state index in [2.05, 4.69) is 27.1 Å². The van der Waals surface area contributed by atoms with Gasteiger partial charge in [-0.2, -0.15) is 5.10 Å². The van der Waals surface area contributed by atoms with E-state index < -0.39 is 0 Å². The third-order valence-electron chi connectivity index (χ3n) is 3.07. The summed E-state index contributed by atoms with van der Waals surface area (Å²) in [6.45, 7) is 6.14. The lowest BCUT2D eigenvalue weighted by molar-refractivity contribution is 0.683. The van der Waals surface area contributed by atoms with E-state index >= 15 is 0 Å². The van der Waals surface area contributed by atoms with Crippen molar-refractivity contribution in [1.82, 2.24) is 15.1 Å². The number of H-pyrrole nitrogens is 1. The number of anilines is 1. The third-order valence-corrected chi connectivity index (χ3v) is 3.86. The van der Waals surface area contributed by atoms with Crippen molar-refractivity contribution in [3.8, 4) is 0 Å². The lowest BCUT2D eigenvalue weighted by Gasteiger charge is -2.28. The van der Waals surface area contributed by atoms with Crippen molar-refractivity contribution >= 4 is 27.9 Å². The van der Waals surface area contributed by atoms with Gasteiger partial charge in [0.2, 0.25) is 0 Å². The highest BCUT2D eigenvalue weighted by molar-refractivity contribution is 7.14. The fraction of sp³-hybridized carbons (Fsp3) is 0.0667. The van der Waals surface area contributed by atoms with E-state index in [1.54, 1.807) is 23.7 Å². The van der Waals surface area contributed by atoms with E-state index in [-0.39, 0.29) is 0 Å². The van der Waals surface area contributed by atoms with Crippen LogP contribution in [0, 0.1) is 0 Å². The third kappa shape index (κ3) is 2.66. The van der Waals surface area contributed by atoms with E-state index in [0.29, 0.717) is 0 Å². The Morgan fingerprint density at radius 1 is 1.52 bits per heavy atom. The van der Waals surface area contributed by atoms with E-state index in [4.69, 9.17) is 0 Å². The van der Waals surface area contributed by atoms with Gasteiger partial charge in [0, 0.05) is 24.2 Å². The zero-order chi connectivity index (χ0) is 14.7. The lowest BCUT2D eigenvalue weighted by Crippen LogP contribution is -2.27. The van der Waals surface area contributed by atoms with Crippen LogP contribution in [0.5, 0.6) is 0 Å². The summed E-state index contributed by atoms with van der Waals surface area (Å²) in [6, 6.07) is 4.01. The maximum absolute atomic E-state index is 4.37. The number of aliphatic imine (C=N–C) groups is 1. The summed E-state index contributed by atoms with van der Waals surface area (Å²) >= 11 is 1.63. The minimum atomic E-state index is 0.739. The number of hydrogen-bond donors (Lipinski definition) is 2. The summed E-state index contributed by atoms with van der Waals surface area (Å²) in [7, 11) is 0. The average molecular weight is 297 g/mol. The van der Waals surface area contributed by atoms with Gasteiger partial charge in [0.25, 0.3) is 0 Å². The van der Waals surface area contributed by atoms with Crippen LogP contribution in [0.3, 0.4) is 0 Å². The zero-order valence-corrected chi connectivity index (χ0v) is 12.4. The SMILES string of the molecule is C=C1C(Nc2cccs2)=NC=CN1/C(=C\C)c1cn[nH]c1. The molecule has 0 saturated heterocycles. The molecule has 21 heavy (non-hydrogen) atoms. The van der Waals surface area contributed by atoms with Gasteiger partial charge in [-0.15, -0.1) is 11.3 Å². The Morgan fingerprint density at radius 2 is 2.43 bits per heavy atom. The number of nitrogens with one attached hydrogen (secondary N) is 2. The molecule has 106 valence electrons. The predicted molar refractivity (Wildman–Crippen MR) is 87.7 cm³/mol. The summed E-state index contributed by atoms with van der Waals surface area (Å²) in [5.41, 5.74) is 2.80. The molecule has 1 aliphatic rings. The molecule has 0 amide bonds. The highest BCUT2D eigenvalue weighted by Crippen LogP contribution is 2.26. The van der Waals surface area contributed by atoms with Gasteiger partial charge in [-0.3, -0.25) is 5.10 Å². The molecular weight excluding hydrogens is 282 g/mol. The summed E-state index contributed by atoms with van der Waals surface area (Å²) < 4.78 is 0. The molecule has 1 aliphatic heterocycles. The van der Waals surface area contributed by atoms with Crippen LogP contribution < -0.4 is 5.32 Å². The summed E-state index contributed by atoms with van der Waals surface area (Å²) in [6.07, 6.45) is 9.32. The van der Waals surface area contributed by atoms with E-state index in [0.717, 1.165) is 27.8 Å². The van der Waals surface area contributed by atoms with Gasteiger partial charge in [0.15, 0.2) is 5.84 Å². The van der Waals surface area contributed by atoms with Gasteiger partial charge in [0.05, 0.1) is 22.6 Å². The molecule has 5 nitrogen and oxygen atoms in total. The number of thiophene rings is 1. The van der Waals surface area contributed by atoms with Crippen molar-refractivity contribution in [3.05, 3.63) is 66.2 Å². The fourth-order valence-corrected chi connectivity index (χ4v) is 2.70. The summed E-state index contributed by atoms with van der Waals surface area (Å²) in [5.74, 6) is 0.739. The molecular formula is C15H15N5S. The Kier molecular flexibility index (Phi) is 3.70. The van der Waals surface area contributed by atoms with Crippen LogP contribution in [0.4, 0.5) is 5.00 Å². The molecule has 6 heteroatoms. The van der Waals surface area contributed by atoms with Gasteiger partial charge in [-0.1, -0.05) is 12.7 Å². The Balaban J connectivity index is 1.84. The normalized spacial score (nSPS) is 15.3. The van der Waals surface area contributed by atoms with Gasteiger partial charge in [-0.05, 0) is 24.4 Å². The van der Waals surface area contributed by atoms with Crippen LogP contribution in [0.25, 0.3) is 5.70 Å². The smallest absolute Gasteiger partial charge is 0.154 e. The first kappa shape index (κ1) is 13.4. The molecule has 2 N–H and O–H groups in total. The average Bonchev–Trinajstić information content (AvgIpc) is 3.17. The minimum absolute atomic E-state index is 0.739. The molecule has 3 rings (SSSR count). The molecule has 0 unspecified atom stereocenters. The van der Waals surface area contributed by atoms with Crippen LogP contribution in [0.2, 0.25) is 0 Å². The number of aromatic amines is 1. The van der Waals surface area contributed by atoms with Crippen LogP contribution in [-0.2, 0) is 0 Å². The molecule has 3 heterocycles. The highest BCUT2D eigenvalue weighted by Gasteiger charge is 2.19. The molecule has 2 aromatic rings. The number of amidine groups is 1. The number of rotatable bonds is 3. The monoisotopic (exact) mass is 297 g/mol. The van der Waals surface area contributed by atoms with Crippen LogP contribution in [-0.4, -0.2) is 20.9 Å². The predicted octanol–water partition coefficient (Wildman–Crippen LogP) is 3.64. The van der Waals surface area contributed by atoms with Crippen molar-refractivity contribution in [2.24, 2.45) is 4.99 Å². The largest absolute Gasteiger partial charge is 0.330 e. The van der Waals surface area contributed by atoms with E-state index in [1.807, 2.05) is 47.8 Å². The fourth-order valence-electron chi connectivity index (χ4n) is 2.09. The van der Waals surface area contributed by atoms with Crippen molar-refractivity contribution in [2.75, 3.05) is 5.32 Å². The van der Waals surface area contributed by atoms with E-state index in [1.165, 1.54) is 0 Å². The summed E-state index contributed by atoms with van der Waals surface area (Å²) in [4.78, 5) is 6.37. The maximum atomic E-state index is 4.37. The topological polar surface area (TPSA) is 56.3 Å². The molecule has 2 aromatic heterocycles. The minimum Gasteiger partial charge on any atom is -0.330 e. The van der Waals surface area contributed by atoms with Crippen molar-refractivity contribution in [2.45, 2.75) is 6.92 Å². The molecule has 0 atom stereocenters. The quantitative estimate of drug-likeness (QED) is 0.909. The molecule has 0 aromatic carbocycles. The van der Waals surface area contributed by atoms with Crippen molar-refractivity contribution < 1.29 is 0 Å². The molecule has 0 saturated carbocycles. The summed E-state index contributed by atoms with van der Waals surface area (Å²) in [5, 5.41) is 13.2. The van der Waals surface area contributed by atoms with Crippen molar-refractivity contribution in [3.63, 3.8) is 0 Å². The second-order valence-corrected chi connectivity index (χ2v) is 5.30. The van der Waals surface area contributed by atoms with Crippen LogP contribution in [0.1, 0.15) is 12.5 Å². The second kappa shape index (κ2) is 5.80. The Hall–Kier alpha value is -2.60. The zero-order valence-electron chi connectivity index (χ0n) is 11.6. The van der Waals surface area contributed by atoms with Crippen LogP contribution >= 0.6 is 11.3 Å². The Morgan fingerprint density at radius 3 is 3.10 bits per heavy atom. The lowest BCUT2D eigenvalue weighted by atomic mass is 10.2. The standard InChI is InChI=1S/C15H15N5S/c1-3-13(12-9-17-18-10-12)20-7-6-16-15(11(20)2)19-14-5-4-8-21-14/h3-10H,2H2,1H3,(H,16,19)(H,17,18)/b13-3-. The first-order chi connectivity index (χ1) is 10.3. The number of aromatic nitrogens is 2. The number of allylic oxidation sites excluding steroid dienone is 1. The first-order valence-corrected chi connectivity index (χ1v) is 7.36. The molecule has 0 spiro atoms. The molecule has 0 bridgehead atoms. The van der Waals surface area contributed by atoms with Gasteiger partial charge >= 0.3 is 0 Å². The molecule has 0 fully saturated rings. The van der Waals surface area contributed by atoms with E-state index in [9.17, 15) is 0 Å². The molecule has 0 radical (unpaired) electrons. The van der Waals surface area contributed by atoms with Gasteiger partial charge in [-0.25, -0.2) is 4.99 Å². The van der Waals surface area contributed by atoms with Crippen molar-refractivity contribution in [1.29, 1.82) is 0 Å². The second-order valence-electron chi connectivity index (χ2n) is 4.36. The van der Waals surface area contributed by atoms with Gasteiger partial charge < -0.3 is 10.2 Å². The van der Waals surface area contributed by atoms with Gasteiger partial charge in [0.1, 0.15) is 0 Å². The number of hydrogen-bond acceptors (Lipinski definition) is 5. The van der Waals surface area contributed by atoms with Crippen LogP contribution in [0.15, 0.2) is 65.7 Å². The Bertz CT molecular complexity index is 707. The number of nitrogens with zero attached hydrogens (tertiary/aromatic N) is 3. The first-order valence-electron chi connectivity index (χ1n) is 6.48. The highest BCUT2D eigenvalue weighted by atomic mass is 32.1. The Labute approximate surface area is 127 Å².